The summed E-state index contributed by atoms with van der Waals surface area (Å²) in [5, 5.41) is 12.0. The van der Waals surface area contributed by atoms with E-state index in [0.29, 0.717) is 12.4 Å². The fraction of sp³-hybridized carbons (Fsp3) is 0.267. The van der Waals surface area contributed by atoms with Crippen LogP contribution < -0.4 is 4.74 Å². The minimum atomic E-state index is 0. The molecule has 114 valence electrons. The van der Waals surface area contributed by atoms with Crippen LogP contribution in [0.1, 0.15) is 11.1 Å². The largest absolute Gasteiger partial charge is 0.507 e. The molecule has 0 amide bonds. The van der Waals surface area contributed by atoms with Gasteiger partial charge in [0.05, 0.1) is 6.61 Å². The summed E-state index contributed by atoms with van der Waals surface area (Å²) in [5.74, 6) is 2.04. The molecule has 0 aliphatic heterocycles. The molecular formula is C15H17Co2O2S-. The van der Waals surface area contributed by atoms with Crippen molar-refractivity contribution in [2.24, 2.45) is 0 Å². The molecule has 0 saturated heterocycles. The molecule has 0 aliphatic carbocycles. The molecule has 2 radical (unpaired) electrons. The van der Waals surface area contributed by atoms with Gasteiger partial charge < -0.3 is 21.6 Å². The number of thioether (sulfide) groups is 1. The Hall–Kier alpha value is -0.337. The van der Waals surface area contributed by atoms with Crippen molar-refractivity contribution < 1.29 is 43.4 Å². The van der Waals surface area contributed by atoms with Gasteiger partial charge in [0, 0.05) is 44.3 Å². The summed E-state index contributed by atoms with van der Waals surface area (Å²) in [7, 11) is 0. The third-order valence-corrected chi connectivity index (χ3v) is 3.44. The van der Waals surface area contributed by atoms with E-state index in [4.69, 9.17) is 4.74 Å². The predicted molar refractivity (Wildman–Crippen MR) is 78.4 cm³/mol. The fourth-order valence-corrected chi connectivity index (χ4v) is 2.27. The first-order valence-corrected chi connectivity index (χ1v) is 7.02. The van der Waals surface area contributed by atoms with E-state index in [1.54, 1.807) is 0 Å². The second kappa shape index (κ2) is 8.84. The van der Waals surface area contributed by atoms with Crippen molar-refractivity contribution in [2.75, 3.05) is 12.4 Å². The molecule has 0 aromatic heterocycles. The Balaban J connectivity index is 0.00000180. The van der Waals surface area contributed by atoms with Crippen molar-refractivity contribution in [3.63, 3.8) is 0 Å². The Morgan fingerprint density at radius 3 is 2.55 bits per heavy atom. The summed E-state index contributed by atoms with van der Waals surface area (Å²) in [4.78, 5) is 0. The molecule has 2 nitrogen and oxygen atoms in total. The molecule has 0 spiro atoms. The molecule has 0 heterocycles. The third-order valence-electron chi connectivity index (χ3n) is 2.98. The molecular weight excluding hydrogens is 362 g/mol. The van der Waals surface area contributed by atoms with Crippen LogP contribution in [0.5, 0.6) is 11.5 Å². The summed E-state index contributed by atoms with van der Waals surface area (Å²) in [6.07, 6.45) is 3.73. The van der Waals surface area contributed by atoms with Crippen molar-refractivity contribution in [3.8, 4) is 11.5 Å². The van der Waals surface area contributed by atoms with Crippen molar-refractivity contribution in [2.45, 2.75) is 13.8 Å². The van der Waals surface area contributed by atoms with Gasteiger partial charge in [-0.2, -0.15) is 0 Å². The van der Waals surface area contributed by atoms with E-state index >= 15 is 0 Å². The number of phenolic OH excluding ortho intramolecular Hbond substituents is 1. The van der Waals surface area contributed by atoms with E-state index < -0.39 is 0 Å². The van der Waals surface area contributed by atoms with Crippen LogP contribution in [0.15, 0.2) is 24.3 Å². The predicted octanol–water partition coefficient (Wildman–Crippen LogP) is 4.06. The van der Waals surface area contributed by atoms with E-state index in [0.717, 1.165) is 33.4 Å². The molecule has 0 unspecified atom stereocenters. The van der Waals surface area contributed by atoms with Gasteiger partial charge in [0.1, 0.15) is 11.5 Å². The summed E-state index contributed by atoms with van der Waals surface area (Å²) < 4.78 is 5.80. The molecule has 0 saturated carbocycles. The molecule has 5 heteroatoms. The Kier molecular flexibility index (Phi) is 8.69. The number of aryl methyl sites for hydroxylation is 2. The number of fused-ring (bicyclic) bond motifs is 1. The maximum Gasteiger partial charge on any atom is 0.127 e. The molecule has 2 rings (SSSR count). The summed E-state index contributed by atoms with van der Waals surface area (Å²) in [6.45, 7) is 4.54. The number of ether oxygens (including phenoxy) is 1. The normalized spacial score (nSPS) is 9.75. The molecule has 0 aliphatic rings. The van der Waals surface area contributed by atoms with E-state index in [2.05, 4.69) is 6.26 Å². The average Bonchev–Trinajstić information content (AvgIpc) is 2.35. The summed E-state index contributed by atoms with van der Waals surface area (Å²) in [6, 6.07) is 7.80. The second-order valence-electron chi connectivity index (χ2n) is 4.29. The van der Waals surface area contributed by atoms with Crippen molar-refractivity contribution in [3.05, 3.63) is 41.6 Å². The summed E-state index contributed by atoms with van der Waals surface area (Å²) in [5.41, 5.74) is 1.95. The van der Waals surface area contributed by atoms with Crippen LogP contribution in [0, 0.1) is 20.1 Å². The molecule has 2 aromatic rings. The molecule has 1 N–H and O–H groups in total. The fourth-order valence-electron chi connectivity index (χ4n) is 2.07. The van der Waals surface area contributed by atoms with Gasteiger partial charge in [0.25, 0.3) is 0 Å². The van der Waals surface area contributed by atoms with E-state index in [-0.39, 0.29) is 33.6 Å². The number of hydrogen-bond acceptors (Lipinski definition) is 3. The summed E-state index contributed by atoms with van der Waals surface area (Å²) >= 11 is 1.51. The van der Waals surface area contributed by atoms with E-state index in [9.17, 15) is 5.11 Å². The van der Waals surface area contributed by atoms with Crippen molar-refractivity contribution in [1.82, 2.24) is 0 Å². The Bertz CT molecular complexity index is 573. The first-order chi connectivity index (χ1) is 8.65. The minimum absolute atomic E-state index is 0. The second-order valence-corrected chi connectivity index (χ2v) is 5.11. The molecule has 0 bridgehead atoms. The van der Waals surface area contributed by atoms with Crippen LogP contribution >= 0.6 is 11.8 Å². The Morgan fingerprint density at radius 1 is 1.20 bits per heavy atom. The first-order valence-electron chi connectivity index (χ1n) is 5.87. The monoisotopic (exact) mass is 379 g/mol. The van der Waals surface area contributed by atoms with Gasteiger partial charge in [-0.25, -0.2) is 0 Å². The molecule has 2 aromatic carbocycles. The van der Waals surface area contributed by atoms with Crippen LogP contribution in [0.4, 0.5) is 0 Å². The SMILES string of the molecule is [CH2-]SCCOc1cc(C)c(O)c2cccc(C)c12.[Co].[Co]. The smallest absolute Gasteiger partial charge is 0.127 e. The zero-order valence-corrected chi connectivity index (χ0v) is 14.3. The topological polar surface area (TPSA) is 29.5 Å². The minimum Gasteiger partial charge on any atom is -0.507 e. The maximum atomic E-state index is 10.1. The van der Waals surface area contributed by atoms with Gasteiger partial charge in [0.15, 0.2) is 0 Å². The van der Waals surface area contributed by atoms with Crippen LogP contribution in [0.3, 0.4) is 0 Å². The van der Waals surface area contributed by atoms with E-state index in [1.165, 1.54) is 11.8 Å². The number of benzene rings is 2. The van der Waals surface area contributed by atoms with Gasteiger partial charge in [-0.05, 0) is 36.8 Å². The zero-order chi connectivity index (χ0) is 13.1. The first kappa shape index (κ1) is 19.7. The average molecular weight is 379 g/mol. The van der Waals surface area contributed by atoms with Crippen LogP contribution in [0.25, 0.3) is 10.8 Å². The molecule has 0 fully saturated rings. The van der Waals surface area contributed by atoms with E-state index in [1.807, 2.05) is 38.1 Å². The van der Waals surface area contributed by atoms with Crippen LogP contribution in [0.2, 0.25) is 0 Å². The van der Waals surface area contributed by atoms with Gasteiger partial charge >= 0.3 is 0 Å². The third kappa shape index (κ3) is 4.08. The van der Waals surface area contributed by atoms with Gasteiger partial charge in [-0.1, -0.05) is 18.2 Å². The Labute approximate surface area is 145 Å². The Morgan fingerprint density at radius 2 is 1.90 bits per heavy atom. The maximum absolute atomic E-state index is 10.1. The van der Waals surface area contributed by atoms with Gasteiger partial charge in [0.2, 0.25) is 0 Å². The van der Waals surface area contributed by atoms with Gasteiger partial charge in [-0.3, -0.25) is 6.26 Å². The number of rotatable bonds is 4. The standard InChI is InChI=1S/C15H17O2S.2Co/c1-10-5-4-6-12-14(10)13(17-7-8-18-3)9-11(2)15(12)16;;/h4-6,9,16H,3,7-8H2,1-2H3;;/q-1;;. The number of phenols is 1. The molecule has 20 heavy (non-hydrogen) atoms. The van der Waals surface area contributed by atoms with Crippen molar-refractivity contribution in [1.29, 1.82) is 0 Å². The number of aromatic hydroxyl groups is 1. The van der Waals surface area contributed by atoms with Crippen LogP contribution in [-0.4, -0.2) is 17.5 Å². The van der Waals surface area contributed by atoms with Crippen molar-refractivity contribution >= 4 is 22.5 Å². The van der Waals surface area contributed by atoms with Crippen LogP contribution in [-0.2, 0) is 33.6 Å². The zero-order valence-electron chi connectivity index (χ0n) is 11.4. The quantitative estimate of drug-likeness (QED) is 0.642. The van der Waals surface area contributed by atoms with Gasteiger partial charge in [-0.15, -0.1) is 0 Å². The number of hydrogen-bond donors (Lipinski definition) is 1. The molecule has 0 atom stereocenters.